The van der Waals surface area contributed by atoms with Crippen molar-refractivity contribution >= 4 is 27.9 Å². The summed E-state index contributed by atoms with van der Waals surface area (Å²) in [6, 6.07) is 9.24. The summed E-state index contributed by atoms with van der Waals surface area (Å²) in [5.41, 5.74) is 0.635. The van der Waals surface area contributed by atoms with Gasteiger partial charge in [0.1, 0.15) is 17.8 Å². The SMILES string of the molecule is CS(=O)(=O)NC[C@H](NC(=O)c1cc(OC2CCCC2)nc(-c2ccccc2)n1)C(=O)N1CCN(C(=O)O)CC1. The average Bonchev–Trinajstić information content (AvgIpc) is 3.43. The number of amides is 3. The van der Waals surface area contributed by atoms with Gasteiger partial charge in [0.05, 0.1) is 6.26 Å². The van der Waals surface area contributed by atoms with Crippen LogP contribution >= 0.6 is 0 Å². The van der Waals surface area contributed by atoms with Gasteiger partial charge in [-0.25, -0.2) is 22.9 Å². The molecular formula is C25H32N6O7S. The third-order valence-corrected chi connectivity index (χ3v) is 7.26. The highest BCUT2D eigenvalue weighted by atomic mass is 32.2. The van der Waals surface area contributed by atoms with E-state index in [0.717, 1.165) is 31.9 Å². The summed E-state index contributed by atoms with van der Waals surface area (Å²) < 4.78 is 31.8. The van der Waals surface area contributed by atoms with Crippen LogP contribution in [0.1, 0.15) is 36.2 Å². The molecule has 1 saturated carbocycles. The van der Waals surface area contributed by atoms with E-state index in [1.54, 1.807) is 12.1 Å². The van der Waals surface area contributed by atoms with E-state index in [2.05, 4.69) is 20.0 Å². The zero-order valence-electron chi connectivity index (χ0n) is 21.6. The van der Waals surface area contributed by atoms with Crippen LogP contribution in [0.5, 0.6) is 5.88 Å². The molecular weight excluding hydrogens is 528 g/mol. The molecule has 1 aliphatic carbocycles. The minimum absolute atomic E-state index is 0.0165. The van der Waals surface area contributed by atoms with E-state index >= 15 is 0 Å². The number of nitrogens with zero attached hydrogens (tertiary/aromatic N) is 4. The third kappa shape index (κ3) is 7.86. The number of benzene rings is 1. The topological polar surface area (TPSA) is 171 Å². The lowest BCUT2D eigenvalue weighted by Gasteiger charge is -2.35. The maximum Gasteiger partial charge on any atom is 0.407 e. The molecule has 1 aromatic heterocycles. The number of aromatic nitrogens is 2. The van der Waals surface area contributed by atoms with Crippen LogP contribution in [0, 0.1) is 0 Å². The first-order valence-electron chi connectivity index (χ1n) is 12.7. The van der Waals surface area contributed by atoms with Crippen LogP contribution in [0.15, 0.2) is 36.4 Å². The van der Waals surface area contributed by atoms with Gasteiger partial charge in [0, 0.05) is 44.4 Å². The van der Waals surface area contributed by atoms with Crippen molar-refractivity contribution in [3.05, 3.63) is 42.1 Å². The fourth-order valence-electron chi connectivity index (χ4n) is 4.50. The molecule has 1 aliphatic heterocycles. The quantitative estimate of drug-likeness (QED) is 0.404. The summed E-state index contributed by atoms with van der Waals surface area (Å²) in [5.74, 6) is -0.728. The van der Waals surface area contributed by atoms with E-state index in [-0.39, 0.29) is 56.2 Å². The van der Waals surface area contributed by atoms with E-state index in [4.69, 9.17) is 4.74 Å². The molecule has 3 amide bonds. The Bertz CT molecular complexity index is 1290. The minimum atomic E-state index is -3.67. The van der Waals surface area contributed by atoms with Crippen molar-refractivity contribution in [1.82, 2.24) is 29.8 Å². The highest BCUT2D eigenvalue weighted by Gasteiger charge is 2.31. The Balaban J connectivity index is 1.57. The van der Waals surface area contributed by atoms with E-state index in [1.807, 2.05) is 18.2 Å². The molecule has 0 unspecified atom stereocenters. The summed E-state index contributed by atoms with van der Waals surface area (Å²) in [4.78, 5) is 49.4. The molecule has 39 heavy (non-hydrogen) atoms. The second-order valence-corrected chi connectivity index (χ2v) is 11.4. The van der Waals surface area contributed by atoms with Gasteiger partial charge < -0.3 is 25.0 Å². The van der Waals surface area contributed by atoms with Crippen molar-refractivity contribution < 1.29 is 32.6 Å². The lowest BCUT2D eigenvalue weighted by molar-refractivity contribution is -0.134. The standard InChI is InChI=1S/C25H32N6O7S/c1-39(36,37)26-16-20(24(33)30-11-13-31(14-12-30)25(34)35)28-23(32)19-15-21(38-18-9-5-6-10-18)29-22(27-19)17-7-3-2-4-8-17/h2-4,7-8,15,18,20,26H,5-6,9-14,16H2,1H3,(H,28,32)(H,34,35)/t20-/m0/s1. The summed E-state index contributed by atoms with van der Waals surface area (Å²) in [7, 11) is -3.67. The molecule has 0 bridgehead atoms. The van der Waals surface area contributed by atoms with Crippen LogP contribution in [0.4, 0.5) is 4.79 Å². The number of sulfonamides is 1. The lowest BCUT2D eigenvalue weighted by atomic mass is 10.2. The van der Waals surface area contributed by atoms with Crippen molar-refractivity contribution in [1.29, 1.82) is 0 Å². The molecule has 2 aromatic rings. The first kappa shape index (κ1) is 28.2. The molecule has 13 nitrogen and oxygen atoms in total. The molecule has 0 radical (unpaired) electrons. The summed E-state index contributed by atoms with van der Waals surface area (Å²) in [6.07, 6.45) is 3.71. The first-order chi connectivity index (χ1) is 18.6. The third-order valence-electron chi connectivity index (χ3n) is 6.57. The fraction of sp³-hybridized carbons (Fsp3) is 0.480. The number of ether oxygens (including phenoxy) is 1. The predicted octanol–water partition coefficient (Wildman–Crippen LogP) is 0.935. The molecule has 1 aromatic carbocycles. The van der Waals surface area contributed by atoms with E-state index in [9.17, 15) is 27.9 Å². The maximum atomic E-state index is 13.4. The molecule has 1 atom stereocenters. The van der Waals surface area contributed by atoms with Crippen LogP contribution in [-0.4, -0.2) is 102 Å². The Labute approximate surface area is 226 Å². The summed E-state index contributed by atoms with van der Waals surface area (Å²) in [6.45, 7) is 0.0539. The average molecular weight is 561 g/mol. The number of carboxylic acid groups (broad SMARTS) is 1. The predicted molar refractivity (Wildman–Crippen MR) is 141 cm³/mol. The smallest absolute Gasteiger partial charge is 0.407 e. The van der Waals surface area contributed by atoms with E-state index in [1.165, 1.54) is 15.9 Å². The molecule has 0 spiro atoms. The summed E-state index contributed by atoms with van der Waals surface area (Å²) >= 11 is 0. The van der Waals surface area contributed by atoms with Gasteiger partial charge in [0.15, 0.2) is 5.82 Å². The second kappa shape index (κ2) is 12.4. The zero-order valence-corrected chi connectivity index (χ0v) is 22.4. The number of piperazine rings is 1. The van der Waals surface area contributed by atoms with Crippen LogP contribution in [0.25, 0.3) is 11.4 Å². The van der Waals surface area contributed by atoms with Gasteiger partial charge in [-0.05, 0) is 25.7 Å². The monoisotopic (exact) mass is 560 g/mol. The largest absolute Gasteiger partial charge is 0.474 e. The number of carbonyl (C=O) groups is 3. The van der Waals surface area contributed by atoms with Crippen LogP contribution in [0.3, 0.4) is 0 Å². The van der Waals surface area contributed by atoms with Crippen molar-refractivity contribution in [2.75, 3.05) is 39.0 Å². The molecule has 2 aliphatic rings. The van der Waals surface area contributed by atoms with Crippen LogP contribution in [0.2, 0.25) is 0 Å². The Morgan fingerprint density at radius 3 is 2.31 bits per heavy atom. The normalized spacial score (nSPS) is 17.1. The van der Waals surface area contributed by atoms with Crippen molar-refractivity contribution in [2.45, 2.75) is 37.8 Å². The molecule has 1 saturated heterocycles. The van der Waals surface area contributed by atoms with Gasteiger partial charge >= 0.3 is 6.09 Å². The van der Waals surface area contributed by atoms with Gasteiger partial charge in [-0.2, -0.15) is 4.98 Å². The number of hydrogen-bond acceptors (Lipinski definition) is 8. The molecule has 4 rings (SSSR count). The second-order valence-electron chi connectivity index (χ2n) is 9.55. The maximum absolute atomic E-state index is 13.4. The van der Waals surface area contributed by atoms with E-state index < -0.39 is 34.0 Å². The van der Waals surface area contributed by atoms with E-state index in [0.29, 0.717) is 5.56 Å². The molecule has 3 N–H and O–H groups in total. The van der Waals surface area contributed by atoms with Crippen LogP contribution < -0.4 is 14.8 Å². The van der Waals surface area contributed by atoms with Gasteiger partial charge in [0.2, 0.25) is 21.8 Å². The molecule has 14 heteroatoms. The Kier molecular flexibility index (Phi) is 8.97. The van der Waals surface area contributed by atoms with Gasteiger partial charge in [0.25, 0.3) is 5.91 Å². The van der Waals surface area contributed by atoms with Crippen LogP contribution in [-0.2, 0) is 14.8 Å². The Morgan fingerprint density at radius 2 is 1.69 bits per heavy atom. The Morgan fingerprint density at radius 1 is 1.05 bits per heavy atom. The van der Waals surface area contributed by atoms with Gasteiger partial charge in [-0.3, -0.25) is 9.59 Å². The molecule has 210 valence electrons. The number of rotatable bonds is 9. The van der Waals surface area contributed by atoms with Crippen molar-refractivity contribution in [3.63, 3.8) is 0 Å². The fourth-order valence-corrected chi connectivity index (χ4v) is 4.97. The molecule has 2 fully saturated rings. The highest BCUT2D eigenvalue weighted by molar-refractivity contribution is 7.88. The van der Waals surface area contributed by atoms with Gasteiger partial charge in [-0.15, -0.1) is 0 Å². The van der Waals surface area contributed by atoms with Gasteiger partial charge in [-0.1, -0.05) is 30.3 Å². The number of nitrogens with one attached hydrogen (secondary N) is 2. The number of carbonyl (C=O) groups excluding carboxylic acids is 2. The number of hydrogen-bond donors (Lipinski definition) is 3. The lowest BCUT2D eigenvalue weighted by Crippen LogP contribution is -2.58. The van der Waals surface area contributed by atoms with Crippen molar-refractivity contribution in [2.24, 2.45) is 0 Å². The summed E-state index contributed by atoms with van der Waals surface area (Å²) in [5, 5.41) is 11.8. The first-order valence-corrected chi connectivity index (χ1v) is 14.6. The zero-order chi connectivity index (χ0) is 28.0. The minimum Gasteiger partial charge on any atom is -0.474 e. The Hall–Kier alpha value is -3.78. The molecule has 2 heterocycles. The highest BCUT2D eigenvalue weighted by Crippen LogP contribution is 2.25. The van der Waals surface area contributed by atoms with Crippen molar-refractivity contribution in [3.8, 4) is 17.3 Å².